The quantitative estimate of drug-likeness (QED) is 0.899. The summed E-state index contributed by atoms with van der Waals surface area (Å²) in [6, 6.07) is 8.64. The van der Waals surface area contributed by atoms with Gasteiger partial charge in [-0.2, -0.15) is 0 Å². The Hall–Kier alpha value is -1.71. The minimum absolute atomic E-state index is 0.181. The molecule has 0 bridgehead atoms. The number of piperidine rings is 1. The van der Waals surface area contributed by atoms with Crippen LogP contribution in [0.3, 0.4) is 0 Å². The van der Waals surface area contributed by atoms with Gasteiger partial charge in [-0.1, -0.05) is 19.1 Å². The first-order chi connectivity index (χ1) is 10.9. The molecular weight excluding hydrogens is 288 g/mol. The number of benzene rings is 1. The van der Waals surface area contributed by atoms with Crippen LogP contribution in [0.4, 0.5) is 10.5 Å². The highest BCUT2D eigenvalue weighted by Crippen LogP contribution is 2.20. The second kappa shape index (κ2) is 7.71. The molecule has 0 aromatic heterocycles. The molecule has 1 aromatic rings. The highest BCUT2D eigenvalue weighted by molar-refractivity contribution is 5.68. The van der Waals surface area contributed by atoms with E-state index in [0.29, 0.717) is 5.92 Å². The monoisotopic (exact) mass is 318 g/mol. The number of ether oxygens (including phenoxy) is 1. The Labute approximate surface area is 140 Å². The van der Waals surface area contributed by atoms with Gasteiger partial charge in [-0.15, -0.1) is 0 Å². The van der Waals surface area contributed by atoms with Gasteiger partial charge in [-0.25, -0.2) is 4.79 Å². The first-order valence-corrected chi connectivity index (χ1v) is 8.68. The van der Waals surface area contributed by atoms with Crippen LogP contribution in [0.25, 0.3) is 0 Å². The maximum Gasteiger partial charge on any atom is 0.410 e. The molecule has 0 unspecified atom stereocenters. The third-order valence-electron chi connectivity index (χ3n) is 4.22. The molecule has 1 aromatic carbocycles. The van der Waals surface area contributed by atoms with E-state index in [2.05, 4.69) is 36.5 Å². The van der Waals surface area contributed by atoms with Crippen molar-refractivity contribution >= 4 is 11.8 Å². The van der Waals surface area contributed by atoms with Crippen LogP contribution in [0, 0.1) is 5.92 Å². The summed E-state index contributed by atoms with van der Waals surface area (Å²) in [5.74, 6) is 0.611. The zero-order chi connectivity index (χ0) is 16.9. The Balaban J connectivity index is 1.73. The summed E-state index contributed by atoms with van der Waals surface area (Å²) in [5.41, 5.74) is 2.12. The standard InChI is InChI=1S/C19H30N2O2/c1-5-15-6-8-17(9-7-15)20-14-16-10-12-21(13-11-16)18(22)23-19(2,3)4/h6-9,16,20H,5,10-14H2,1-4H3. The second-order valence-electron chi connectivity index (χ2n) is 7.34. The molecule has 1 aliphatic heterocycles. The summed E-state index contributed by atoms with van der Waals surface area (Å²) in [4.78, 5) is 13.9. The van der Waals surface area contributed by atoms with E-state index >= 15 is 0 Å². The summed E-state index contributed by atoms with van der Waals surface area (Å²) in [5, 5.41) is 3.51. The van der Waals surface area contributed by atoms with Crippen molar-refractivity contribution in [3.8, 4) is 0 Å². The van der Waals surface area contributed by atoms with Crippen LogP contribution in [0.15, 0.2) is 24.3 Å². The molecule has 0 radical (unpaired) electrons. The van der Waals surface area contributed by atoms with Gasteiger partial charge in [0, 0.05) is 25.3 Å². The minimum Gasteiger partial charge on any atom is -0.444 e. The maximum absolute atomic E-state index is 12.0. The van der Waals surface area contributed by atoms with Crippen molar-refractivity contribution in [3.05, 3.63) is 29.8 Å². The third-order valence-corrected chi connectivity index (χ3v) is 4.22. The number of amides is 1. The molecule has 1 saturated heterocycles. The Morgan fingerprint density at radius 2 is 1.83 bits per heavy atom. The van der Waals surface area contributed by atoms with Gasteiger partial charge in [-0.05, 0) is 63.6 Å². The number of hydrogen-bond donors (Lipinski definition) is 1. The van der Waals surface area contributed by atoms with E-state index in [0.717, 1.165) is 38.9 Å². The van der Waals surface area contributed by atoms with E-state index < -0.39 is 5.60 Å². The number of rotatable bonds is 4. The van der Waals surface area contributed by atoms with Crippen molar-refractivity contribution in [2.24, 2.45) is 5.92 Å². The van der Waals surface area contributed by atoms with Crippen LogP contribution in [-0.4, -0.2) is 36.2 Å². The van der Waals surface area contributed by atoms with Gasteiger partial charge in [-0.3, -0.25) is 0 Å². The number of carbonyl (C=O) groups is 1. The second-order valence-corrected chi connectivity index (χ2v) is 7.34. The summed E-state index contributed by atoms with van der Waals surface area (Å²) in [7, 11) is 0. The molecule has 2 rings (SSSR count). The molecule has 4 heteroatoms. The fourth-order valence-electron chi connectivity index (χ4n) is 2.77. The Bertz CT molecular complexity index is 497. The lowest BCUT2D eigenvalue weighted by Gasteiger charge is -2.33. The van der Waals surface area contributed by atoms with Crippen molar-refractivity contribution in [3.63, 3.8) is 0 Å². The topological polar surface area (TPSA) is 41.6 Å². The van der Waals surface area contributed by atoms with Gasteiger partial charge in [0.1, 0.15) is 5.60 Å². The van der Waals surface area contributed by atoms with Crippen LogP contribution in [0.2, 0.25) is 0 Å². The lowest BCUT2D eigenvalue weighted by atomic mass is 9.97. The van der Waals surface area contributed by atoms with Crippen LogP contribution >= 0.6 is 0 Å². The lowest BCUT2D eigenvalue weighted by molar-refractivity contribution is 0.0188. The predicted octanol–water partition coefficient (Wildman–Crippen LogP) is 4.31. The van der Waals surface area contributed by atoms with Gasteiger partial charge < -0.3 is 15.0 Å². The highest BCUT2D eigenvalue weighted by Gasteiger charge is 2.26. The molecule has 128 valence electrons. The average molecular weight is 318 g/mol. The smallest absolute Gasteiger partial charge is 0.410 e. The highest BCUT2D eigenvalue weighted by atomic mass is 16.6. The van der Waals surface area contributed by atoms with E-state index in [4.69, 9.17) is 4.74 Å². The molecule has 1 amide bonds. The molecule has 1 N–H and O–H groups in total. The zero-order valence-corrected chi connectivity index (χ0v) is 14.9. The van der Waals surface area contributed by atoms with Gasteiger partial charge >= 0.3 is 6.09 Å². The SMILES string of the molecule is CCc1ccc(NCC2CCN(C(=O)OC(C)(C)C)CC2)cc1. The Morgan fingerprint density at radius 3 is 2.35 bits per heavy atom. The summed E-state index contributed by atoms with van der Waals surface area (Å²) < 4.78 is 5.43. The summed E-state index contributed by atoms with van der Waals surface area (Å²) in [6.07, 6.45) is 2.95. The Morgan fingerprint density at radius 1 is 1.22 bits per heavy atom. The minimum atomic E-state index is -0.417. The van der Waals surface area contributed by atoms with E-state index in [-0.39, 0.29) is 6.09 Å². The molecule has 4 nitrogen and oxygen atoms in total. The normalized spacial score (nSPS) is 16.3. The predicted molar refractivity (Wildman–Crippen MR) is 94.8 cm³/mol. The molecule has 0 atom stereocenters. The molecule has 1 heterocycles. The molecular formula is C19H30N2O2. The van der Waals surface area contributed by atoms with Crippen molar-refractivity contribution in [2.75, 3.05) is 25.0 Å². The maximum atomic E-state index is 12.0. The number of nitrogens with zero attached hydrogens (tertiary/aromatic N) is 1. The van der Waals surface area contributed by atoms with Crippen LogP contribution in [0.5, 0.6) is 0 Å². The van der Waals surface area contributed by atoms with Gasteiger partial charge in [0.05, 0.1) is 0 Å². The van der Waals surface area contributed by atoms with Crippen molar-refractivity contribution in [1.29, 1.82) is 0 Å². The van der Waals surface area contributed by atoms with Gasteiger partial charge in [0.2, 0.25) is 0 Å². The molecule has 23 heavy (non-hydrogen) atoms. The van der Waals surface area contributed by atoms with E-state index in [1.165, 1.54) is 11.3 Å². The molecule has 0 aliphatic carbocycles. The van der Waals surface area contributed by atoms with E-state index in [9.17, 15) is 4.79 Å². The largest absolute Gasteiger partial charge is 0.444 e. The first-order valence-electron chi connectivity index (χ1n) is 8.68. The van der Waals surface area contributed by atoms with E-state index in [1.54, 1.807) is 0 Å². The molecule has 0 saturated carbocycles. The first kappa shape index (κ1) is 17.6. The fraction of sp³-hybridized carbons (Fsp3) is 0.632. The third kappa shape index (κ3) is 5.77. The molecule has 1 aliphatic rings. The number of hydrogen-bond acceptors (Lipinski definition) is 3. The van der Waals surface area contributed by atoms with E-state index in [1.807, 2.05) is 25.7 Å². The number of aryl methyl sites for hydroxylation is 1. The molecule has 0 spiro atoms. The van der Waals surface area contributed by atoms with Crippen molar-refractivity contribution in [1.82, 2.24) is 4.90 Å². The number of anilines is 1. The van der Waals surface area contributed by atoms with Crippen molar-refractivity contribution in [2.45, 2.75) is 52.6 Å². The molecule has 1 fully saturated rings. The number of likely N-dealkylation sites (tertiary alicyclic amines) is 1. The number of carbonyl (C=O) groups excluding carboxylic acids is 1. The Kier molecular flexibility index (Phi) is 5.91. The average Bonchev–Trinajstić information content (AvgIpc) is 2.52. The van der Waals surface area contributed by atoms with Gasteiger partial charge in [0.25, 0.3) is 0 Å². The fourth-order valence-corrected chi connectivity index (χ4v) is 2.77. The zero-order valence-electron chi connectivity index (χ0n) is 14.9. The lowest BCUT2D eigenvalue weighted by Crippen LogP contribution is -2.42. The summed E-state index contributed by atoms with van der Waals surface area (Å²) in [6.45, 7) is 10.4. The summed E-state index contributed by atoms with van der Waals surface area (Å²) >= 11 is 0. The van der Waals surface area contributed by atoms with Crippen LogP contribution in [0.1, 0.15) is 46.1 Å². The van der Waals surface area contributed by atoms with Crippen LogP contribution < -0.4 is 5.32 Å². The van der Waals surface area contributed by atoms with Gasteiger partial charge in [0.15, 0.2) is 0 Å². The number of nitrogens with one attached hydrogen (secondary N) is 1. The van der Waals surface area contributed by atoms with Crippen LogP contribution in [-0.2, 0) is 11.2 Å². The van der Waals surface area contributed by atoms with Crippen molar-refractivity contribution < 1.29 is 9.53 Å².